The van der Waals surface area contributed by atoms with Crippen LogP contribution < -0.4 is 14.8 Å². The first-order chi connectivity index (χ1) is 15.2. The first kappa shape index (κ1) is 24.0. The quantitative estimate of drug-likeness (QED) is 0.555. The van der Waals surface area contributed by atoms with Crippen LogP contribution in [0.15, 0.2) is 36.4 Å². The lowest BCUT2D eigenvalue weighted by Gasteiger charge is -2.22. The molecule has 1 heterocycles. The Morgan fingerprint density at radius 1 is 1.25 bits per heavy atom. The molecule has 2 N–H and O–H groups in total. The van der Waals surface area contributed by atoms with Crippen molar-refractivity contribution in [1.29, 1.82) is 0 Å². The third-order valence-electron chi connectivity index (χ3n) is 5.16. The molecule has 8 heteroatoms. The number of aryl methyl sites for hydroxylation is 1. The van der Waals surface area contributed by atoms with Gasteiger partial charge in [-0.2, -0.15) is 0 Å². The molecule has 7 nitrogen and oxygen atoms in total. The average Bonchev–Trinajstić information content (AvgIpc) is 3.14. The lowest BCUT2D eigenvalue weighted by Crippen LogP contribution is -2.35. The number of carbonyl (C=O) groups is 2. The molecule has 2 unspecified atom stereocenters. The third kappa shape index (κ3) is 6.69. The smallest absolute Gasteiger partial charge is 0.221 e. The van der Waals surface area contributed by atoms with Crippen molar-refractivity contribution in [3.05, 3.63) is 52.5 Å². The number of anilines is 1. The van der Waals surface area contributed by atoms with Gasteiger partial charge in [0.25, 0.3) is 0 Å². The molecule has 1 fully saturated rings. The maximum Gasteiger partial charge on any atom is 0.221 e. The van der Waals surface area contributed by atoms with Gasteiger partial charge < -0.3 is 19.9 Å². The van der Waals surface area contributed by atoms with Gasteiger partial charge >= 0.3 is 0 Å². The maximum atomic E-state index is 12.1. The number of Topliss-reactive ketones (excluding diaryl/α,β-unsaturated/α-hetero) is 1. The highest BCUT2D eigenvalue weighted by atomic mass is 35.5. The SMILES string of the molecule is CC(=O)Nc1cc(C)cc(C(C)=O)c1OCC(O)CN1CCC(Oc2ccc(Cl)cc2)C1. The van der Waals surface area contributed by atoms with Gasteiger partial charge in [0.2, 0.25) is 5.91 Å². The van der Waals surface area contributed by atoms with Crippen molar-refractivity contribution in [1.82, 2.24) is 4.90 Å². The van der Waals surface area contributed by atoms with E-state index < -0.39 is 6.10 Å². The summed E-state index contributed by atoms with van der Waals surface area (Å²) < 4.78 is 11.8. The van der Waals surface area contributed by atoms with Gasteiger partial charge in [0, 0.05) is 31.6 Å². The minimum absolute atomic E-state index is 0.00483. The highest BCUT2D eigenvalue weighted by Crippen LogP contribution is 2.31. The molecule has 3 rings (SSSR count). The standard InChI is InChI=1S/C24H29ClN2O5/c1-15-10-22(16(2)28)24(23(11-15)26-17(3)29)31-14-19(30)12-27-9-8-21(13-27)32-20-6-4-18(25)5-7-20/h4-7,10-11,19,21,30H,8-9,12-14H2,1-3H3,(H,26,29). The maximum absolute atomic E-state index is 12.1. The topological polar surface area (TPSA) is 88.1 Å². The summed E-state index contributed by atoms with van der Waals surface area (Å²) in [6, 6.07) is 10.7. The number of ether oxygens (including phenoxy) is 2. The fourth-order valence-electron chi connectivity index (χ4n) is 3.77. The van der Waals surface area contributed by atoms with Crippen molar-refractivity contribution in [2.45, 2.75) is 39.4 Å². The average molecular weight is 461 g/mol. The summed E-state index contributed by atoms with van der Waals surface area (Å²) in [7, 11) is 0. The lowest BCUT2D eigenvalue weighted by atomic mass is 10.1. The van der Waals surface area contributed by atoms with Crippen molar-refractivity contribution in [2.75, 3.05) is 31.6 Å². The minimum atomic E-state index is -0.768. The van der Waals surface area contributed by atoms with Gasteiger partial charge in [0.15, 0.2) is 11.5 Å². The third-order valence-corrected chi connectivity index (χ3v) is 5.41. The van der Waals surface area contributed by atoms with Crippen LogP contribution in [0.4, 0.5) is 5.69 Å². The van der Waals surface area contributed by atoms with E-state index in [2.05, 4.69) is 10.2 Å². The summed E-state index contributed by atoms with van der Waals surface area (Å²) in [4.78, 5) is 25.8. The number of benzene rings is 2. The molecule has 0 aliphatic carbocycles. The Balaban J connectivity index is 1.57. The molecule has 2 aromatic rings. The number of hydrogen-bond donors (Lipinski definition) is 2. The first-order valence-electron chi connectivity index (χ1n) is 10.6. The molecule has 1 saturated heterocycles. The van der Waals surface area contributed by atoms with Crippen molar-refractivity contribution < 1.29 is 24.2 Å². The van der Waals surface area contributed by atoms with Crippen LogP contribution in [0.25, 0.3) is 0 Å². The molecule has 32 heavy (non-hydrogen) atoms. The van der Waals surface area contributed by atoms with E-state index in [1.807, 2.05) is 19.1 Å². The molecule has 1 aliphatic rings. The van der Waals surface area contributed by atoms with Crippen molar-refractivity contribution >= 4 is 29.0 Å². The summed E-state index contributed by atoms with van der Waals surface area (Å²) in [5.41, 5.74) is 1.63. The Morgan fingerprint density at radius 2 is 1.97 bits per heavy atom. The predicted molar refractivity (Wildman–Crippen MR) is 124 cm³/mol. The Bertz CT molecular complexity index is 964. The number of nitrogens with zero attached hydrogens (tertiary/aromatic N) is 1. The number of nitrogens with one attached hydrogen (secondary N) is 1. The second-order valence-electron chi connectivity index (χ2n) is 8.13. The molecule has 172 valence electrons. The number of β-amino-alcohol motifs (C(OH)–C–C–N with tert-alkyl or cyclic N) is 1. The van der Waals surface area contributed by atoms with E-state index in [0.29, 0.717) is 29.4 Å². The largest absolute Gasteiger partial charge is 0.489 e. The van der Waals surface area contributed by atoms with Crippen LogP contribution in [0.2, 0.25) is 5.02 Å². The van der Waals surface area contributed by atoms with Crippen LogP contribution in [0, 0.1) is 6.92 Å². The molecule has 0 saturated carbocycles. The zero-order chi connectivity index (χ0) is 23.3. The Kier molecular flexibility index (Phi) is 8.12. The van der Waals surface area contributed by atoms with Crippen molar-refractivity contribution in [3.63, 3.8) is 0 Å². The fraction of sp³-hybridized carbons (Fsp3) is 0.417. The zero-order valence-corrected chi connectivity index (χ0v) is 19.3. The van der Waals surface area contributed by atoms with Gasteiger partial charge in [-0.25, -0.2) is 0 Å². The lowest BCUT2D eigenvalue weighted by molar-refractivity contribution is -0.114. The van der Waals surface area contributed by atoms with Crippen LogP contribution in [0.3, 0.4) is 0 Å². The normalized spacial score (nSPS) is 17.1. The Hall–Kier alpha value is -2.61. The molecule has 1 aliphatic heterocycles. The van der Waals surface area contributed by atoms with E-state index in [9.17, 15) is 14.7 Å². The van der Waals surface area contributed by atoms with Gasteiger partial charge in [-0.15, -0.1) is 0 Å². The van der Waals surface area contributed by atoms with Gasteiger partial charge in [-0.3, -0.25) is 14.5 Å². The van der Waals surface area contributed by atoms with Gasteiger partial charge in [0.1, 0.15) is 24.6 Å². The fourth-order valence-corrected chi connectivity index (χ4v) is 3.89. The second-order valence-corrected chi connectivity index (χ2v) is 8.57. The summed E-state index contributed by atoms with van der Waals surface area (Å²) in [6.45, 7) is 6.58. The molecular formula is C24H29ClN2O5. The number of ketones is 1. The number of amides is 1. The molecule has 2 atom stereocenters. The monoisotopic (exact) mass is 460 g/mol. The first-order valence-corrected chi connectivity index (χ1v) is 11.0. The number of aliphatic hydroxyl groups is 1. The number of halogens is 1. The van der Waals surface area contributed by atoms with Gasteiger partial charge in [0.05, 0.1) is 11.3 Å². The van der Waals surface area contributed by atoms with Crippen LogP contribution in [-0.4, -0.2) is 60.1 Å². The highest BCUT2D eigenvalue weighted by Gasteiger charge is 2.26. The summed E-state index contributed by atoms with van der Waals surface area (Å²) >= 11 is 5.91. The molecule has 0 radical (unpaired) electrons. The number of carbonyl (C=O) groups excluding carboxylic acids is 2. The number of rotatable bonds is 9. The van der Waals surface area contributed by atoms with E-state index in [0.717, 1.165) is 24.3 Å². The molecule has 1 amide bonds. The molecular weight excluding hydrogens is 432 g/mol. The van der Waals surface area contributed by atoms with E-state index in [1.165, 1.54) is 13.8 Å². The Morgan fingerprint density at radius 3 is 2.62 bits per heavy atom. The van der Waals surface area contributed by atoms with E-state index >= 15 is 0 Å². The van der Waals surface area contributed by atoms with Gasteiger partial charge in [-0.1, -0.05) is 11.6 Å². The second kappa shape index (κ2) is 10.8. The van der Waals surface area contributed by atoms with E-state index in [4.69, 9.17) is 21.1 Å². The van der Waals surface area contributed by atoms with E-state index in [-0.39, 0.29) is 30.2 Å². The van der Waals surface area contributed by atoms with Crippen molar-refractivity contribution in [3.8, 4) is 11.5 Å². The van der Waals surface area contributed by atoms with Gasteiger partial charge in [-0.05, 0) is 62.2 Å². The summed E-state index contributed by atoms with van der Waals surface area (Å²) in [5.74, 6) is 0.611. The molecule has 0 aromatic heterocycles. The number of aliphatic hydroxyl groups excluding tert-OH is 1. The Labute approximate surface area is 193 Å². The minimum Gasteiger partial charge on any atom is -0.489 e. The predicted octanol–water partition coefficient (Wildman–Crippen LogP) is 3.70. The molecule has 0 bridgehead atoms. The van der Waals surface area contributed by atoms with Crippen LogP contribution in [0.1, 0.15) is 36.2 Å². The van der Waals surface area contributed by atoms with E-state index in [1.54, 1.807) is 24.3 Å². The van der Waals surface area contributed by atoms with Crippen LogP contribution in [0.5, 0.6) is 11.5 Å². The molecule has 2 aromatic carbocycles. The molecule has 0 spiro atoms. The zero-order valence-electron chi connectivity index (χ0n) is 18.6. The van der Waals surface area contributed by atoms with Crippen LogP contribution in [-0.2, 0) is 4.79 Å². The summed E-state index contributed by atoms with van der Waals surface area (Å²) in [6.07, 6.45) is 0.127. The number of hydrogen-bond acceptors (Lipinski definition) is 6. The van der Waals surface area contributed by atoms with Crippen molar-refractivity contribution in [2.24, 2.45) is 0 Å². The highest BCUT2D eigenvalue weighted by molar-refractivity contribution is 6.30. The number of likely N-dealkylation sites (tertiary alicyclic amines) is 1. The summed E-state index contributed by atoms with van der Waals surface area (Å²) in [5, 5.41) is 13.9. The van der Waals surface area contributed by atoms with Crippen LogP contribution >= 0.6 is 11.6 Å².